The molecular weight excluding hydrogens is 201 g/mol. The summed E-state index contributed by atoms with van der Waals surface area (Å²) in [7, 11) is 4.49. The summed E-state index contributed by atoms with van der Waals surface area (Å²) in [5, 5.41) is 1.15. The van der Waals surface area contributed by atoms with Crippen LogP contribution in [0.5, 0.6) is 0 Å². The monoisotopic (exact) mass is 211 g/mol. The highest BCUT2D eigenvalue weighted by molar-refractivity contribution is 7.27. The van der Waals surface area contributed by atoms with Crippen molar-refractivity contribution in [3.8, 4) is 0 Å². The van der Waals surface area contributed by atoms with Crippen molar-refractivity contribution in [1.82, 2.24) is 4.57 Å². The van der Waals surface area contributed by atoms with Crippen LogP contribution in [0.3, 0.4) is 0 Å². The first kappa shape index (κ1) is 8.92. The van der Waals surface area contributed by atoms with Crippen molar-refractivity contribution in [2.75, 3.05) is 0 Å². The maximum absolute atomic E-state index is 11.3. The van der Waals surface area contributed by atoms with Crippen LogP contribution in [0.15, 0.2) is 16.9 Å². The van der Waals surface area contributed by atoms with E-state index in [9.17, 15) is 4.79 Å². The second-order valence-electron chi connectivity index (χ2n) is 3.10. The number of benzene rings is 1. The fraction of sp³-hybridized carbons (Fsp3) is 0.222. The molecule has 1 aromatic carbocycles. The van der Waals surface area contributed by atoms with Crippen molar-refractivity contribution >= 4 is 36.1 Å². The van der Waals surface area contributed by atoms with E-state index >= 15 is 0 Å². The van der Waals surface area contributed by atoms with Crippen molar-refractivity contribution < 1.29 is 0 Å². The molecule has 1 unspecified atom stereocenters. The van der Waals surface area contributed by atoms with E-state index in [0.717, 1.165) is 15.5 Å². The van der Waals surface area contributed by atoms with Crippen LogP contribution in [-0.4, -0.2) is 4.57 Å². The van der Waals surface area contributed by atoms with Crippen LogP contribution in [0.4, 0.5) is 0 Å². The summed E-state index contributed by atoms with van der Waals surface area (Å²) >= 11 is 1.30. The number of hydrogen-bond acceptors (Lipinski definition) is 2. The molecule has 68 valence electrons. The number of nitrogens with zero attached hydrogens (tertiary/aromatic N) is 1. The maximum Gasteiger partial charge on any atom is 0.307 e. The van der Waals surface area contributed by atoms with Gasteiger partial charge in [0.2, 0.25) is 0 Å². The van der Waals surface area contributed by atoms with E-state index in [2.05, 4.69) is 15.3 Å². The topological polar surface area (TPSA) is 22.0 Å². The normalized spacial score (nSPS) is 11.0. The summed E-state index contributed by atoms with van der Waals surface area (Å²) in [4.78, 5) is 11.4. The first-order chi connectivity index (χ1) is 6.09. The Balaban J connectivity index is 2.97. The Morgan fingerprint density at radius 2 is 2.15 bits per heavy atom. The number of hydrogen-bond donors (Lipinski definition) is 0. The van der Waals surface area contributed by atoms with Gasteiger partial charge in [-0.25, -0.2) is 0 Å². The Bertz CT molecular complexity index is 526. The van der Waals surface area contributed by atoms with Gasteiger partial charge in [-0.15, -0.1) is 9.24 Å². The molecule has 13 heavy (non-hydrogen) atoms. The third kappa shape index (κ3) is 1.32. The fourth-order valence-electron chi connectivity index (χ4n) is 1.29. The van der Waals surface area contributed by atoms with Crippen molar-refractivity contribution in [2.45, 2.75) is 6.92 Å². The molecule has 0 saturated heterocycles. The van der Waals surface area contributed by atoms with Gasteiger partial charge < -0.3 is 4.57 Å². The molecule has 1 atom stereocenters. The molecule has 0 saturated carbocycles. The average molecular weight is 211 g/mol. The summed E-state index contributed by atoms with van der Waals surface area (Å²) in [6.07, 6.45) is 0. The van der Waals surface area contributed by atoms with Crippen LogP contribution in [0.2, 0.25) is 0 Å². The van der Waals surface area contributed by atoms with Gasteiger partial charge in [0.25, 0.3) is 0 Å². The first-order valence-corrected chi connectivity index (χ1v) is 5.34. The van der Waals surface area contributed by atoms with Crippen molar-refractivity contribution in [3.63, 3.8) is 0 Å². The minimum Gasteiger partial charge on any atom is -0.302 e. The third-order valence-corrected chi connectivity index (χ3v) is 3.80. The molecule has 0 amide bonds. The Morgan fingerprint density at radius 3 is 2.85 bits per heavy atom. The lowest BCUT2D eigenvalue weighted by Crippen LogP contribution is -2.07. The zero-order valence-corrected chi connectivity index (χ0v) is 9.47. The summed E-state index contributed by atoms with van der Waals surface area (Å²) in [5.74, 6) is 0. The van der Waals surface area contributed by atoms with Gasteiger partial charge in [0, 0.05) is 7.05 Å². The lowest BCUT2D eigenvalue weighted by atomic mass is 10.2. The number of aryl methyl sites for hydroxylation is 2. The maximum atomic E-state index is 11.3. The molecule has 0 aliphatic heterocycles. The van der Waals surface area contributed by atoms with Crippen LogP contribution in [0, 0.1) is 6.92 Å². The zero-order valence-electron chi connectivity index (χ0n) is 7.50. The quantitative estimate of drug-likeness (QED) is 0.604. The molecule has 0 spiro atoms. The van der Waals surface area contributed by atoms with E-state index in [0.29, 0.717) is 0 Å². The second-order valence-corrected chi connectivity index (χ2v) is 4.72. The molecule has 0 fully saturated rings. The molecule has 2 nitrogen and oxygen atoms in total. The van der Waals surface area contributed by atoms with Crippen LogP contribution in [0.1, 0.15) is 5.56 Å². The van der Waals surface area contributed by atoms with Crippen LogP contribution in [0.25, 0.3) is 10.2 Å². The Morgan fingerprint density at radius 1 is 1.46 bits per heavy atom. The van der Waals surface area contributed by atoms with Gasteiger partial charge in [-0.05, 0) is 29.9 Å². The predicted molar refractivity (Wildman–Crippen MR) is 61.1 cm³/mol. The minimum absolute atomic E-state index is 0.102. The third-order valence-electron chi connectivity index (χ3n) is 2.18. The van der Waals surface area contributed by atoms with Crippen molar-refractivity contribution in [3.05, 3.63) is 27.4 Å². The highest BCUT2D eigenvalue weighted by Gasteiger charge is 2.05. The number of fused-ring (bicyclic) bond motifs is 1. The smallest absolute Gasteiger partial charge is 0.302 e. The Kier molecular flexibility index (Phi) is 2.01. The van der Waals surface area contributed by atoms with E-state index in [-0.39, 0.29) is 4.87 Å². The number of rotatable bonds is 0. The molecule has 0 aliphatic carbocycles. The minimum atomic E-state index is 0.102. The Labute approximate surface area is 82.4 Å². The summed E-state index contributed by atoms with van der Waals surface area (Å²) in [5.41, 5.74) is 2.23. The van der Waals surface area contributed by atoms with Gasteiger partial charge in [0.05, 0.1) is 10.2 Å². The number of thiazole rings is 1. The second kappa shape index (κ2) is 2.93. The molecule has 1 aromatic heterocycles. The lowest BCUT2D eigenvalue weighted by Gasteiger charge is -1.99. The van der Waals surface area contributed by atoms with Crippen molar-refractivity contribution in [1.29, 1.82) is 0 Å². The van der Waals surface area contributed by atoms with Gasteiger partial charge in [-0.3, -0.25) is 4.79 Å². The van der Waals surface area contributed by atoms with Gasteiger partial charge in [-0.1, -0.05) is 11.3 Å². The van der Waals surface area contributed by atoms with Gasteiger partial charge >= 0.3 is 4.87 Å². The van der Waals surface area contributed by atoms with Gasteiger partial charge in [-0.2, -0.15) is 0 Å². The van der Waals surface area contributed by atoms with E-state index in [1.54, 1.807) is 11.6 Å². The molecule has 1 heterocycles. The first-order valence-electron chi connectivity index (χ1n) is 3.95. The molecule has 4 heteroatoms. The fourth-order valence-corrected chi connectivity index (χ4v) is 2.49. The zero-order chi connectivity index (χ0) is 9.59. The molecule has 0 radical (unpaired) electrons. The van der Waals surface area contributed by atoms with Crippen LogP contribution >= 0.6 is 20.6 Å². The van der Waals surface area contributed by atoms with Gasteiger partial charge in [0.15, 0.2) is 0 Å². The molecule has 0 N–H and O–H groups in total. The lowest BCUT2D eigenvalue weighted by molar-refractivity contribution is 0.939. The summed E-state index contributed by atoms with van der Waals surface area (Å²) in [6.45, 7) is 2.05. The predicted octanol–water partition coefficient (Wildman–Crippen LogP) is 1.41. The highest BCUT2D eigenvalue weighted by atomic mass is 32.1. The standard InChI is InChI=1S/C9H10NOPS/c1-5-3-8-6(4-7(5)12)10(2)9(11)13-8/h3-4H,12H2,1-2H3. The largest absolute Gasteiger partial charge is 0.307 e. The van der Waals surface area contributed by atoms with Crippen molar-refractivity contribution in [2.24, 2.45) is 7.05 Å². The highest BCUT2D eigenvalue weighted by Crippen LogP contribution is 2.17. The van der Waals surface area contributed by atoms with Crippen LogP contribution in [-0.2, 0) is 7.05 Å². The van der Waals surface area contributed by atoms with Crippen LogP contribution < -0.4 is 10.2 Å². The Hall–Kier alpha value is -0.660. The van der Waals surface area contributed by atoms with E-state index in [1.165, 1.54) is 16.9 Å². The number of aromatic nitrogens is 1. The van der Waals surface area contributed by atoms with E-state index in [1.807, 2.05) is 13.0 Å². The average Bonchev–Trinajstić information content (AvgIpc) is 2.32. The van der Waals surface area contributed by atoms with Gasteiger partial charge in [0.1, 0.15) is 0 Å². The molecule has 2 aromatic rings. The molecule has 0 bridgehead atoms. The van der Waals surface area contributed by atoms with E-state index in [4.69, 9.17) is 0 Å². The van der Waals surface area contributed by atoms with E-state index < -0.39 is 0 Å². The SMILES string of the molecule is Cc1cc2sc(=O)n(C)c2cc1P. The molecule has 0 aliphatic rings. The summed E-state index contributed by atoms with van der Waals surface area (Å²) < 4.78 is 2.75. The summed E-state index contributed by atoms with van der Waals surface area (Å²) in [6, 6.07) is 4.09. The molecule has 2 rings (SSSR count). The molecular formula is C9H10NOPS.